The second kappa shape index (κ2) is 14.1. The van der Waals surface area contributed by atoms with E-state index in [1.807, 2.05) is 38.1 Å². The Balaban J connectivity index is 3.26. The summed E-state index contributed by atoms with van der Waals surface area (Å²) in [5.41, 5.74) is 4.64. The molecule has 8 nitrogen and oxygen atoms in total. The Morgan fingerprint density at radius 2 is 0.750 bits per heavy atom. The molecule has 220 valence electrons. The van der Waals surface area contributed by atoms with Crippen LogP contribution in [0.2, 0.25) is 0 Å². The molecule has 0 radical (unpaired) electrons. The second-order valence-corrected chi connectivity index (χ2v) is 13.5. The van der Waals surface area contributed by atoms with Gasteiger partial charge in [0, 0.05) is 11.1 Å². The Labute approximate surface area is 238 Å². The number of carbonyl (C=O) groups excluding carboxylic acids is 2. The van der Waals surface area contributed by atoms with Crippen molar-refractivity contribution in [1.29, 1.82) is 0 Å². The highest BCUT2D eigenvalue weighted by Gasteiger charge is 2.49. The summed E-state index contributed by atoms with van der Waals surface area (Å²) < 4.78 is 51.7. The van der Waals surface area contributed by atoms with E-state index in [0.717, 1.165) is 11.1 Å². The molecule has 2 rings (SSSR count). The molecule has 0 aliphatic heterocycles. The Morgan fingerprint density at radius 3 is 0.950 bits per heavy atom. The number of ketones is 2. The average Bonchev–Trinajstić information content (AvgIpc) is 2.81. The van der Waals surface area contributed by atoms with Gasteiger partial charge in [0.25, 0.3) is 0 Å². The van der Waals surface area contributed by atoms with E-state index in [0.29, 0.717) is 22.3 Å². The van der Waals surface area contributed by atoms with E-state index in [1.165, 1.54) is 0 Å². The number of carbonyl (C=O) groups is 2. The summed E-state index contributed by atoms with van der Waals surface area (Å²) in [6.07, 6.45) is 0. The van der Waals surface area contributed by atoms with E-state index in [4.69, 9.17) is 18.1 Å². The fourth-order valence-corrected chi connectivity index (χ4v) is 9.25. The van der Waals surface area contributed by atoms with E-state index in [-0.39, 0.29) is 37.6 Å². The number of allylic oxidation sites excluding steroid dienone is 2. The highest BCUT2D eigenvalue weighted by molar-refractivity contribution is 7.65. The van der Waals surface area contributed by atoms with Crippen LogP contribution in [-0.2, 0) is 27.2 Å². The molecule has 0 unspecified atom stereocenters. The second-order valence-electron chi connectivity index (χ2n) is 9.57. The maximum atomic E-state index is 14.6. The molecule has 0 aromatic heterocycles. The van der Waals surface area contributed by atoms with Crippen LogP contribution in [-0.4, -0.2) is 38.0 Å². The maximum absolute atomic E-state index is 14.6. The van der Waals surface area contributed by atoms with Gasteiger partial charge in [-0.25, -0.2) is 0 Å². The van der Waals surface area contributed by atoms with E-state index < -0.39 is 37.4 Å². The molecule has 0 saturated carbocycles. The van der Waals surface area contributed by atoms with Crippen molar-refractivity contribution in [3.05, 3.63) is 79.4 Å². The SMILES string of the molecule is CCOP(=O)(OCC)C(C(=O)c1c(C)cc(C)cc1C)=C(C(=O)c1c(C)cc(C)cc1C)P(=O)(OCC)OCC. The zero-order chi connectivity index (χ0) is 30.4. The third-order valence-electron chi connectivity index (χ3n) is 6.21. The van der Waals surface area contributed by atoms with Crippen LogP contribution in [0.15, 0.2) is 34.9 Å². The van der Waals surface area contributed by atoms with Crippen LogP contribution in [0.3, 0.4) is 0 Å². The lowest BCUT2D eigenvalue weighted by Gasteiger charge is -2.27. The Hall–Kier alpha value is -2.18. The first-order valence-corrected chi connectivity index (χ1v) is 16.6. The highest BCUT2D eigenvalue weighted by atomic mass is 31.2. The van der Waals surface area contributed by atoms with Crippen LogP contribution in [0, 0.1) is 41.5 Å². The van der Waals surface area contributed by atoms with Crippen LogP contribution in [0.1, 0.15) is 81.8 Å². The van der Waals surface area contributed by atoms with Crippen molar-refractivity contribution in [3.63, 3.8) is 0 Å². The summed E-state index contributed by atoms with van der Waals surface area (Å²) in [6, 6.07) is 7.24. The minimum absolute atomic E-state index is 0.0997. The third kappa shape index (κ3) is 7.17. The number of rotatable bonds is 14. The quantitative estimate of drug-likeness (QED) is 0.122. The van der Waals surface area contributed by atoms with Crippen LogP contribution in [0.5, 0.6) is 0 Å². The molecule has 0 N–H and O–H groups in total. The number of benzene rings is 2. The minimum atomic E-state index is -4.54. The monoisotopic (exact) mass is 592 g/mol. The first-order chi connectivity index (χ1) is 18.7. The fraction of sp³-hybridized carbons (Fsp3) is 0.467. The normalized spacial score (nSPS) is 12.8. The molecule has 2 aromatic rings. The van der Waals surface area contributed by atoms with Crippen molar-refractivity contribution >= 4 is 26.8 Å². The molecule has 0 bridgehead atoms. The van der Waals surface area contributed by atoms with Gasteiger partial charge in [-0.15, -0.1) is 0 Å². The minimum Gasteiger partial charge on any atom is -0.305 e. The first kappa shape index (κ1) is 34.0. The summed E-state index contributed by atoms with van der Waals surface area (Å²) in [4.78, 5) is 29.2. The molecule has 0 fully saturated rings. The fourth-order valence-electron chi connectivity index (χ4n) is 5.05. The van der Waals surface area contributed by atoms with E-state index in [2.05, 4.69) is 0 Å². The van der Waals surface area contributed by atoms with Gasteiger partial charge in [-0.05, 0) is 91.5 Å². The average molecular weight is 593 g/mol. The molecular formula is C30H42O8P2. The van der Waals surface area contributed by atoms with Crippen LogP contribution in [0.4, 0.5) is 0 Å². The van der Waals surface area contributed by atoms with Crippen molar-refractivity contribution < 1.29 is 36.8 Å². The number of hydrogen-bond donors (Lipinski definition) is 0. The first-order valence-electron chi connectivity index (χ1n) is 13.5. The van der Waals surface area contributed by atoms with Crippen molar-refractivity contribution in [2.24, 2.45) is 0 Å². The van der Waals surface area contributed by atoms with Gasteiger partial charge in [0.15, 0.2) is 0 Å². The number of hydrogen-bond acceptors (Lipinski definition) is 8. The summed E-state index contributed by atoms with van der Waals surface area (Å²) in [5, 5.41) is -1.25. The van der Waals surface area contributed by atoms with Crippen LogP contribution >= 0.6 is 15.2 Å². The maximum Gasteiger partial charge on any atom is 0.366 e. The van der Waals surface area contributed by atoms with Gasteiger partial charge < -0.3 is 18.1 Å². The van der Waals surface area contributed by atoms with Gasteiger partial charge in [0.2, 0.25) is 11.6 Å². The lowest BCUT2D eigenvalue weighted by molar-refractivity contribution is 0.0996. The molecule has 0 aliphatic rings. The predicted octanol–water partition coefficient (Wildman–Crippen LogP) is 8.35. The molecule has 0 amide bonds. The van der Waals surface area contributed by atoms with Crippen molar-refractivity contribution in [2.75, 3.05) is 26.4 Å². The molecule has 0 aliphatic carbocycles. The molecule has 0 atom stereocenters. The Bertz CT molecular complexity index is 1230. The van der Waals surface area contributed by atoms with Gasteiger partial charge in [-0.3, -0.25) is 18.7 Å². The molecule has 0 heterocycles. The number of aryl methyl sites for hydroxylation is 6. The Morgan fingerprint density at radius 1 is 0.525 bits per heavy atom. The summed E-state index contributed by atoms with van der Waals surface area (Å²) in [7, 11) is -9.08. The van der Waals surface area contributed by atoms with Crippen molar-refractivity contribution in [3.8, 4) is 0 Å². The topological polar surface area (TPSA) is 105 Å². The van der Waals surface area contributed by atoms with Gasteiger partial charge in [-0.1, -0.05) is 35.4 Å². The molecule has 2 aromatic carbocycles. The molecule has 40 heavy (non-hydrogen) atoms. The largest absolute Gasteiger partial charge is 0.366 e. The smallest absolute Gasteiger partial charge is 0.305 e. The summed E-state index contributed by atoms with van der Waals surface area (Å²) >= 11 is 0. The highest BCUT2D eigenvalue weighted by Crippen LogP contribution is 2.67. The van der Waals surface area contributed by atoms with Crippen molar-refractivity contribution in [2.45, 2.75) is 69.2 Å². The van der Waals surface area contributed by atoms with Gasteiger partial charge in [-0.2, -0.15) is 0 Å². The zero-order valence-corrected chi connectivity index (χ0v) is 27.1. The molecule has 0 spiro atoms. The van der Waals surface area contributed by atoms with Gasteiger partial charge in [0.05, 0.1) is 26.4 Å². The van der Waals surface area contributed by atoms with Crippen LogP contribution in [0.25, 0.3) is 0 Å². The standard InChI is InChI=1S/C30H42O8P2/c1-11-35-39(33,36-12-2)29(27(31)25-21(7)15-19(5)16-22(25)8)30(40(34,37-13-3)38-14-4)28(32)26-23(9)17-20(6)18-24(26)10/h15-18H,11-14H2,1-10H3. The summed E-state index contributed by atoms with van der Waals surface area (Å²) in [6.45, 7) is 16.8. The lowest BCUT2D eigenvalue weighted by Crippen LogP contribution is -2.20. The lowest BCUT2D eigenvalue weighted by atomic mass is 9.94. The van der Waals surface area contributed by atoms with E-state index in [9.17, 15) is 18.7 Å². The van der Waals surface area contributed by atoms with Gasteiger partial charge in [0.1, 0.15) is 10.6 Å². The van der Waals surface area contributed by atoms with E-state index in [1.54, 1.807) is 55.4 Å². The Kier molecular flexibility index (Phi) is 12.0. The van der Waals surface area contributed by atoms with E-state index >= 15 is 0 Å². The van der Waals surface area contributed by atoms with Gasteiger partial charge >= 0.3 is 15.2 Å². The zero-order valence-electron chi connectivity index (χ0n) is 25.3. The molecule has 0 saturated heterocycles. The third-order valence-corrected chi connectivity index (χ3v) is 10.7. The predicted molar refractivity (Wildman–Crippen MR) is 159 cm³/mol. The van der Waals surface area contributed by atoms with Crippen molar-refractivity contribution in [1.82, 2.24) is 0 Å². The molecular weight excluding hydrogens is 550 g/mol. The summed E-state index contributed by atoms with van der Waals surface area (Å²) in [5.74, 6) is -1.57. The van der Waals surface area contributed by atoms with Crippen LogP contribution < -0.4 is 0 Å². The number of Topliss-reactive ketones (excluding diaryl/α,β-unsaturated/α-hetero) is 2. The molecule has 10 heteroatoms.